The van der Waals surface area contributed by atoms with Crippen molar-refractivity contribution in [3.8, 4) is 11.5 Å². The maximum Gasteiger partial charge on any atom is 0.271 e. The highest BCUT2D eigenvalue weighted by Crippen LogP contribution is 2.43. The van der Waals surface area contributed by atoms with Gasteiger partial charge >= 0.3 is 0 Å². The van der Waals surface area contributed by atoms with Gasteiger partial charge in [0.1, 0.15) is 23.3 Å². The Morgan fingerprint density at radius 3 is 2.65 bits per heavy atom. The number of nitrogens with one attached hydrogen (secondary N) is 2. The minimum atomic E-state index is -0.452. The van der Waals surface area contributed by atoms with Gasteiger partial charge in [0.25, 0.3) is 5.56 Å². The Balaban J connectivity index is 0.986. The highest BCUT2D eigenvalue weighted by atomic mass is 16.5. The van der Waals surface area contributed by atoms with Crippen LogP contribution in [0.5, 0.6) is 11.5 Å². The highest BCUT2D eigenvalue weighted by molar-refractivity contribution is 5.59. The fourth-order valence-corrected chi connectivity index (χ4v) is 6.58. The number of aliphatic hydroxyl groups excluding tert-OH is 1. The predicted molar refractivity (Wildman–Crippen MR) is 168 cm³/mol. The van der Waals surface area contributed by atoms with E-state index in [2.05, 4.69) is 56.5 Å². The van der Waals surface area contributed by atoms with Crippen LogP contribution in [0.15, 0.2) is 89.9 Å². The van der Waals surface area contributed by atoms with Gasteiger partial charge in [-0.2, -0.15) is 0 Å². The first-order valence-corrected chi connectivity index (χ1v) is 15.3. The summed E-state index contributed by atoms with van der Waals surface area (Å²) in [6.45, 7) is 4.40. The van der Waals surface area contributed by atoms with Gasteiger partial charge in [0, 0.05) is 68.2 Å². The molecule has 2 fully saturated rings. The minimum Gasteiger partial charge on any atom is -0.456 e. The largest absolute Gasteiger partial charge is 0.456 e. The summed E-state index contributed by atoms with van der Waals surface area (Å²) in [6, 6.07) is 26.7. The number of likely N-dealkylation sites (tertiary alicyclic amines) is 1. The van der Waals surface area contributed by atoms with Crippen molar-refractivity contribution < 1.29 is 14.6 Å². The minimum absolute atomic E-state index is 0.0831. The molecule has 1 aromatic heterocycles. The van der Waals surface area contributed by atoms with E-state index < -0.39 is 6.10 Å². The smallest absolute Gasteiger partial charge is 0.271 e. The molecule has 0 bridgehead atoms. The molecule has 0 amide bonds. The van der Waals surface area contributed by atoms with E-state index in [-0.39, 0.29) is 11.7 Å². The zero-order valence-electron chi connectivity index (χ0n) is 24.2. The van der Waals surface area contributed by atoms with Crippen LogP contribution < -0.4 is 20.5 Å². The van der Waals surface area contributed by atoms with Crippen molar-refractivity contribution in [2.45, 2.75) is 37.5 Å². The highest BCUT2D eigenvalue weighted by Gasteiger charge is 2.29. The van der Waals surface area contributed by atoms with E-state index in [9.17, 15) is 9.90 Å². The standard InChI is InChI=1S/C35H38N4O4/c40-31(24-6-2-1-3-7-24)22-38-16-13-27(14-17-38)37-28-11-12-32-26(21-28)20-25-8-4-9-29(34(25)43-32)33-23-39(18-19-42-33)30-10-5-15-36-35(30)41/h1-12,15,21,27,31,33,37,40H,13-14,16-20,22-23H2,(H,36,41). The number of ether oxygens (including phenoxy) is 2. The molecule has 0 aliphatic carbocycles. The Morgan fingerprint density at radius 2 is 1.81 bits per heavy atom. The Labute approximate surface area is 251 Å². The van der Waals surface area contributed by atoms with E-state index >= 15 is 0 Å². The summed E-state index contributed by atoms with van der Waals surface area (Å²) >= 11 is 0. The first-order chi connectivity index (χ1) is 21.1. The van der Waals surface area contributed by atoms with Gasteiger partial charge in [0.2, 0.25) is 0 Å². The molecular weight excluding hydrogens is 540 g/mol. The number of aromatic nitrogens is 1. The summed E-state index contributed by atoms with van der Waals surface area (Å²) in [5, 5.41) is 14.4. The maximum absolute atomic E-state index is 12.4. The molecule has 0 spiro atoms. The van der Waals surface area contributed by atoms with Gasteiger partial charge in [-0.1, -0.05) is 48.5 Å². The van der Waals surface area contributed by atoms with Crippen LogP contribution in [-0.4, -0.2) is 60.4 Å². The number of nitrogens with zero attached hydrogens (tertiary/aromatic N) is 2. The van der Waals surface area contributed by atoms with E-state index in [0.29, 0.717) is 38.0 Å². The lowest BCUT2D eigenvalue weighted by Crippen LogP contribution is -2.41. The number of hydrogen-bond donors (Lipinski definition) is 3. The molecule has 3 aliphatic heterocycles. The molecule has 4 heterocycles. The average Bonchev–Trinajstić information content (AvgIpc) is 3.05. The average molecular weight is 579 g/mol. The monoisotopic (exact) mass is 578 g/mol. The van der Waals surface area contributed by atoms with Crippen molar-refractivity contribution >= 4 is 11.4 Å². The summed E-state index contributed by atoms with van der Waals surface area (Å²) in [4.78, 5) is 19.6. The number of morpholine rings is 1. The molecule has 8 heteroatoms. The van der Waals surface area contributed by atoms with Crippen LogP contribution in [0.2, 0.25) is 0 Å². The lowest BCUT2D eigenvalue weighted by Gasteiger charge is -2.35. The van der Waals surface area contributed by atoms with Crippen LogP contribution in [0.25, 0.3) is 0 Å². The number of aliphatic hydroxyl groups is 1. The lowest BCUT2D eigenvalue weighted by atomic mass is 9.95. The second-order valence-corrected chi connectivity index (χ2v) is 11.8. The van der Waals surface area contributed by atoms with Crippen LogP contribution in [0.4, 0.5) is 11.4 Å². The van der Waals surface area contributed by atoms with Crippen molar-refractivity contribution in [2.24, 2.45) is 0 Å². The number of fused-ring (bicyclic) bond motifs is 2. The Morgan fingerprint density at radius 1 is 0.953 bits per heavy atom. The molecule has 2 atom stereocenters. The van der Waals surface area contributed by atoms with E-state index in [1.807, 2.05) is 42.5 Å². The molecule has 3 N–H and O–H groups in total. The number of hydrogen-bond acceptors (Lipinski definition) is 7. The summed E-state index contributed by atoms with van der Waals surface area (Å²) in [7, 11) is 0. The quantitative estimate of drug-likeness (QED) is 0.243. The van der Waals surface area contributed by atoms with E-state index in [4.69, 9.17) is 9.47 Å². The third-order valence-corrected chi connectivity index (χ3v) is 8.91. The van der Waals surface area contributed by atoms with E-state index in [1.54, 1.807) is 6.20 Å². The molecule has 2 saturated heterocycles. The van der Waals surface area contributed by atoms with Gasteiger partial charge in [-0.15, -0.1) is 0 Å². The predicted octanol–water partition coefficient (Wildman–Crippen LogP) is 5.26. The molecule has 0 radical (unpaired) electrons. The SMILES string of the molecule is O=c1[nH]cccc1N1CCOC(c2cccc3c2Oc2ccc(NC4CCN(CC(O)c5ccccc5)CC4)cc2C3)C1. The number of β-amino-alcohol motifs (C(OH)–C–C–N with tert-alkyl or cyclic N) is 1. The molecule has 43 heavy (non-hydrogen) atoms. The molecule has 8 nitrogen and oxygen atoms in total. The van der Waals surface area contributed by atoms with Gasteiger partial charge < -0.3 is 34.7 Å². The van der Waals surface area contributed by atoms with Crippen LogP contribution in [0, 0.1) is 0 Å². The third-order valence-electron chi connectivity index (χ3n) is 8.91. The molecule has 0 saturated carbocycles. The van der Waals surface area contributed by atoms with Crippen LogP contribution in [0.3, 0.4) is 0 Å². The molecule has 4 aromatic rings. The number of anilines is 2. The second kappa shape index (κ2) is 12.2. The van der Waals surface area contributed by atoms with E-state index in [0.717, 1.165) is 66.2 Å². The summed E-state index contributed by atoms with van der Waals surface area (Å²) < 4.78 is 12.7. The van der Waals surface area contributed by atoms with E-state index in [1.165, 1.54) is 5.56 Å². The number of piperidine rings is 1. The molecule has 3 aromatic carbocycles. The van der Waals surface area contributed by atoms with Crippen LogP contribution in [0.1, 0.15) is 47.3 Å². The lowest BCUT2D eigenvalue weighted by molar-refractivity contribution is 0.0383. The summed E-state index contributed by atoms with van der Waals surface area (Å²) in [6.07, 6.45) is 3.88. The number of H-pyrrole nitrogens is 1. The summed E-state index contributed by atoms with van der Waals surface area (Å²) in [5.74, 6) is 1.75. The fraction of sp³-hybridized carbons (Fsp3) is 0.343. The van der Waals surface area contributed by atoms with Crippen molar-refractivity contribution in [3.63, 3.8) is 0 Å². The fourth-order valence-electron chi connectivity index (χ4n) is 6.58. The Bertz CT molecular complexity index is 1620. The second-order valence-electron chi connectivity index (χ2n) is 11.8. The summed E-state index contributed by atoms with van der Waals surface area (Å²) in [5.41, 5.74) is 6.01. The number of rotatable bonds is 7. The number of aromatic amines is 1. The normalized spacial score (nSPS) is 19.7. The number of benzene rings is 3. The van der Waals surface area contributed by atoms with Crippen molar-refractivity contribution in [3.05, 3.63) is 118 Å². The van der Waals surface area contributed by atoms with Gasteiger partial charge in [0.15, 0.2) is 0 Å². The molecule has 7 rings (SSSR count). The Kier molecular flexibility index (Phi) is 7.89. The maximum atomic E-state index is 12.4. The zero-order chi connectivity index (χ0) is 29.2. The van der Waals surface area contributed by atoms with Crippen molar-refractivity contribution in [1.82, 2.24) is 9.88 Å². The first-order valence-electron chi connectivity index (χ1n) is 15.3. The molecule has 222 valence electrons. The van der Waals surface area contributed by atoms with Crippen molar-refractivity contribution in [2.75, 3.05) is 49.5 Å². The molecule has 3 aliphatic rings. The third kappa shape index (κ3) is 6.04. The molecule has 2 unspecified atom stereocenters. The zero-order valence-corrected chi connectivity index (χ0v) is 24.2. The van der Waals surface area contributed by atoms with Gasteiger partial charge in [-0.25, -0.2) is 0 Å². The van der Waals surface area contributed by atoms with Gasteiger partial charge in [-0.3, -0.25) is 4.79 Å². The number of pyridine rings is 1. The van der Waals surface area contributed by atoms with Crippen molar-refractivity contribution in [1.29, 1.82) is 0 Å². The number of para-hydroxylation sites is 1. The molecular formula is C35H38N4O4. The topological polar surface area (TPSA) is 90.1 Å². The van der Waals surface area contributed by atoms with Gasteiger partial charge in [0.05, 0.1) is 12.7 Å². The van der Waals surface area contributed by atoms with Gasteiger partial charge in [-0.05, 0) is 54.3 Å². The first kappa shape index (κ1) is 27.7. The van der Waals surface area contributed by atoms with Crippen LogP contribution in [-0.2, 0) is 11.2 Å². The van der Waals surface area contributed by atoms with Crippen LogP contribution >= 0.6 is 0 Å². The Hall–Kier alpha value is -4.11.